The molecule has 4 rings (SSSR count). The molecule has 38 heavy (non-hydrogen) atoms. The molecular formula is C26H22Cl2N4O4S2. The summed E-state index contributed by atoms with van der Waals surface area (Å²) >= 11 is 14.4. The summed E-state index contributed by atoms with van der Waals surface area (Å²) in [6.07, 6.45) is 1.71. The summed E-state index contributed by atoms with van der Waals surface area (Å²) < 4.78 is 12.6. The van der Waals surface area contributed by atoms with Gasteiger partial charge in [0.15, 0.2) is 11.0 Å². The van der Waals surface area contributed by atoms with Crippen molar-refractivity contribution in [2.24, 2.45) is 0 Å². The molecule has 4 aromatic rings. The summed E-state index contributed by atoms with van der Waals surface area (Å²) in [5.41, 5.74) is 1.72. The number of ether oxygens (including phenoxy) is 2. The van der Waals surface area contributed by atoms with E-state index in [-0.39, 0.29) is 23.8 Å². The topological polar surface area (TPSA) is 95.3 Å². The van der Waals surface area contributed by atoms with Crippen LogP contribution in [0.3, 0.4) is 0 Å². The smallest absolute Gasteiger partial charge is 0.341 e. The number of rotatable bonds is 11. The number of hydrogen-bond acceptors (Lipinski definition) is 8. The summed E-state index contributed by atoms with van der Waals surface area (Å²) in [4.78, 5) is 25.4. The van der Waals surface area contributed by atoms with Crippen LogP contribution in [0.2, 0.25) is 10.0 Å². The lowest BCUT2D eigenvalue weighted by Gasteiger charge is -2.10. The molecule has 8 nitrogen and oxygen atoms in total. The number of thioether (sulfide) groups is 1. The van der Waals surface area contributed by atoms with Gasteiger partial charge in [-0.25, -0.2) is 4.79 Å². The van der Waals surface area contributed by atoms with E-state index in [2.05, 4.69) is 22.1 Å². The lowest BCUT2D eigenvalue weighted by Crippen LogP contribution is -2.16. The molecule has 0 atom stereocenters. The van der Waals surface area contributed by atoms with Crippen LogP contribution in [-0.2, 0) is 22.7 Å². The third-order valence-electron chi connectivity index (χ3n) is 5.21. The van der Waals surface area contributed by atoms with Crippen molar-refractivity contribution in [2.75, 3.05) is 18.2 Å². The molecule has 2 aromatic carbocycles. The van der Waals surface area contributed by atoms with Gasteiger partial charge in [-0.05, 0) is 42.0 Å². The SMILES string of the molecule is C=CCn1c(COc2ccc(Cl)cc2)nnc1SCC(=O)Nc1scc(-c2ccc(Cl)cc2)c1C(=O)OC. The highest BCUT2D eigenvalue weighted by Gasteiger charge is 2.23. The maximum Gasteiger partial charge on any atom is 0.341 e. The second-order valence-corrected chi connectivity index (χ2v) is 10.4. The van der Waals surface area contributed by atoms with Crippen molar-refractivity contribution in [3.63, 3.8) is 0 Å². The first-order chi connectivity index (χ1) is 18.4. The number of carbonyl (C=O) groups is 2. The van der Waals surface area contributed by atoms with E-state index >= 15 is 0 Å². The van der Waals surface area contributed by atoms with E-state index < -0.39 is 5.97 Å². The van der Waals surface area contributed by atoms with Crippen LogP contribution >= 0.6 is 46.3 Å². The second kappa shape index (κ2) is 13.0. The normalized spacial score (nSPS) is 10.7. The number of thiophene rings is 1. The van der Waals surface area contributed by atoms with E-state index in [1.807, 2.05) is 4.57 Å². The van der Waals surface area contributed by atoms with Crippen molar-refractivity contribution >= 4 is 63.2 Å². The number of anilines is 1. The Morgan fingerprint density at radius 3 is 2.45 bits per heavy atom. The Balaban J connectivity index is 1.44. The molecule has 0 radical (unpaired) electrons. The van der Waals surface area contributed by atoms with Crippen LogP contribution in [-0.4, -0.2) is 39.5 Å². The molecule has 0 fully saturated rings. The number of carbonyl (C=O) groups excluding carboxylic acids is 2. The number of amides is 1. The van der Waals surface area contributed by atoms with Crippen molar-refractivity contribution in [3.05, 3.63) is 88.0 Å². The van der Waals surface area contributed by atoms with Gasteiger partial charge in [-0.2, -0.15) is 0 Å². The van der Waals surface area contributed by atoms with Crippen LogP contribution in [0.15, 0.2) is 71.7 Å². The Hall–Kier alpha value is -3.31. The van der Waals surface area contributed by atoms with Gasteiger partial charge in [0, 0.05) is 27.5 Å². The maximum absolute atomic E-state index is 12.8. The first-order valence-corrected chi connectivity index (χ1v) is 13.8. The molecule has 2 aromatic heterocycles. The standard InChI is InChI=1S/C26H22Cl2N4O4S2/c1-3-12-32-21(13-36-19-10-8-18(28)9-11-19)30-31-26(32)38-15-22(33)29-24-23(25(34)35-2)20(14-37-24)16-4-6-17(27)7-5-16/h3-11,14H,1,12-13,15H2,2H3,(H,29,33). The number of allylic oxidation sites excluding steroid dienone is 1. The van der Waals surface area contributed by atoms with Crippen LogP contribution in [0.4, 0.5) is 5.00 Å². The zero-order valence-corrected chi connectivity index (χ0v) is 23.3. The van der Waals surface area contributed by atoms with E-state index in [1.54, 1.807) is 60.0 Å². The van der Waals surface area contributed by atoms with Gasteiger partial charge in [-0.3, -0.25) is 9.36 Å². The average molecular weight is 590 g/mol. The number of esters is 1. The van der Waals surface area contributed by atoms with Gasteiger partial charge >= 0.3 is 5.97 Å². The fourth-order valence-corrected chi connectivity index (χ4v) is 5.41. The first-order valence-electron chi connectivity index (χ1n) is 11.2. The molecule has 0 aliphatic rings. The number of nitrogens with one attached hydrogen (secondary N) is 1. The molecular weight excluding hydrogens is 567 g/mol. The summed E-state index contributed by atoms with van der Waals surface area (Å²) in [5.74, 6) is 0.419. The van der Waals surface area contributed by atoms with Crippen LogP contribution in [0.1, 0.15) is 16.2 Å². The maximum atomic E-state index is 12.8. The van der Waals surface area contributed by atoms with Crippen molar-refractivity contribution in [3.8, 4) is 16.9 Å². The molecule has 0 unspecified atom stereocenters. The molecule has 0 spiro atoms. The number of aromatic nitrogens is 3. The molecule has 196 valence electrons. The lowest BCUT2D eigenvalue weighted by molar-refractivity contribution is -0.113. The Kier molecular flexibility index (Phi) is 9.46. The molecule has 1 N–H and O–H groups in total. The van der Waals surface area contributed by atoms with Gasteiger partial charge < -0.3 is 14.8 Å². The van der Waals surface area contributed by atoms with E-state index in [4.69, 9.17) is 32.7 Å². The third kappa shape index (κ3) is 6.76. The van der Waals surface area contributed by atoms with E-state index in [1.165, 1.54) is 30.2 Å². The predicted octanol–water partition coefficient (Wildman–Crippen LogP) is 6.60. The van der Waals surface area contributed by atoms with Crippen LogP contribution < -0.4 is 10.1 Å². The molecule has 0 saturated heterocycles. The van der Waals surface area contributed by atoms with Gasteiger partial charge in [0.2, 0.25) is 5.91 Å². The largest absolute Gasteiger partial charge is 0.486 e. The van der Waals surface area contributed by atoms with Crippen molar-refractivity contribution < 1.29 is 19.1 Å². The van der Waals surface area contributed by atoms with Crippen molar-refractivity contribution in [1.82, 2.24) is 14.8 Å². The van der Waals surface area contributed by atoms with Gasteiger partial charge in [0.25, 0.3) is 0 Å². The highest BCUT2D eigenvalue weighted by atomic mass is 35.5. The molecule has 0 saturated carbocycles. The van der Waals surface area contributed by atoms with Crippen LogP contribution in [0.25, 0.3) is 11.1 Å². The summed E-state index contributed by atoms with van der Waals surface area (Å²) in [6.45, 7) is 4.42. The van der Waals surface area contributed by atoms with Gasteiger partial charge in [0.1, 0.15) is 22.9 Å². The predicted molar refractivity (Wildman–Crippen MR) is 151 cm³/mol. The monoisotopic (exact) mass is 588 g/mol. The fourth-order valence-electron chi connectivity index (χ4n) is 3.41. The third-order valence-corrected chi connectivity index (χ3v) is 7.57. The van der Waals surface area contributed by atoms with Crippen LogP contribution in [0, 0.1) is 0 Å². The summed E-state index contributed by atoms with van der Waals surface area (Å²) in [5, 5.41) is 15.2. The Morgan fingerprint density at radius 1 is 1.11 bits per heavy atom. The van der Waals surface area contributed by atoms with E-state index in [0.29, 0.717) is 43.9 Å². The minimum absolute atomic E-state index is 0.0438. The number of hydrogen-bond donors (Lipinski definition) is 1. The molecule has 0 bridgehead atoms. The van der Waals surface area contributed by atoms with Crippen LogP contribution in [0.5, 0.6) is 5.75 Å². The van der Waals surface area contributed by atoms with Gasteiger partial charge in [0.05, 0.1) is 12.9 Å². The van der Waals surface area contributed by atoms with E-state index in [9.17, 15) is 9.59 Å². The number of benzene rings is 2. The summed E-state index contributed by atoms with van der Waals surface area (Å²) in [7, 11) is 1.30. The van der Waals surface area contributed by atoms with E-state index in [0.717, 1.165) is 5.56 Å². The number of nitrogens with zero attached hydrogens (tertiary/aromatic N) is 3. The Morgan fingerprint density at radius 2 is 1.79 bits per heavy atom. The molecule has 0 aliphatic heterocycles. The highest BCUT2D eigenvalue weighted by molar-refractivity contribution is 7.99. The minimum atomic E-state index is -0.546. The molecule has 1 amide bonds. The molecule has 12 heteroatoms. The van der Waals surface area contributed by atoms with Gasteiger partial charge in [-0.1, -0.05) is 53.2 Å². The second-order valence-electron chi connectivity index (χ2n) is 7.73. The zero-order valence-electron chi connectivity index (χ0n) is 20.1. The first kappa shape index (κ1) is 27.7. The number of halogens is 2. The fraction of sp³-hybridized carbons (Fsp3) is 0.154. The Labute approximate surface area is 237 Å². The van der Waals surface area contributed by atoms with Crippen molar-refractivity contribution in [1.29, 1.82) is 0 Å². The van der Waals surface area contributed by atoms with Gasteiger partial charge in [-0.15, -0.1) is 28.1 Å². The average Bonchev–Trinajstić information content (AvgIpc) is 3.51. The number of methoxy groups -OCH3 is 1. The zero-order chi connectivity index (χ0) is 27.1. The summed E-state index contributed by atoms with van der Waals surface area (Å²) in [6, 6.07) is 14.1. The quantitative estimate of drug-likeness (QED) is 0.120. The molecule has 0 aliphatic carbocycles. The van der Waals surface area contributed by atoms with Crippen molar-refractivity contribution in [2.45, 2.75) is 18.3 Å². The minimum Gasteiger partial charge on any atom is -0.486 e. The highest BCUT2D eigenvalue weighted by Crippen LogP contribution is 2.36. The Bertz CT molecular complexity index is 1440. The lowest BCUT2D eigenvalue weighted by atomic mass is 10.0. The molecule has 2 heterocycles.